The first-order valence-electron chi connectivity index (χ1n) is 4.19. The highest BCUT2D eigenvalue weighted by molar-refractivity contribution is 5.79. The molecule has 2 N–H and O–H groups in total. The van der Waals surface area contributed by atoms with Gasteiger partial charge in [0.1, 0.15) is 5.82 Å². The molecule has 68 valence electrons. The van der Waals surface area contributed by atoms with Crippen LogP contribution in [0.1, 0.15) is 19.8 Å². The fourth-order valence-electron chi connectivity index (χ4n) is 1.33. The predicted octanol–water partition coefficient (Wildman–Crippen LogP) is 0.194. The first kappa shape index (κ1) is 9.06. The SMILES string of the molecule is C/C=C(\NNC)N1CCCC1=O. The Hall–Kier alpha value is -1.03. The standard InChI is InChI=1S/C8H15N3O/c1-3-7(10-9-2)11-6-4-5-8(11)12/h3,9-10H,4-6H2,1-2H3/b7-3+. The molecule has 1 heterocycles. The van der Waals surface area contributed by atoms with Crippen LogP contribution in [0.3, 0.4) is 0 Å². The lowest BCUT2D eigenvalue weighted by Crippen LogP contribution is -2.38. The summed E-state index contributed by atoms with van der Waals surface area (Å²) in [6.45, 7) is 2.73. The minimum atomic E-state index is 0.200. The topological polar surface area (TPSA) is 44.4 Å². The van der Waals surface area contributed by atoms with Crippen molar-refractivity contribution in [3.63, 3.8) is 0 Å². The number of hydrazine groups is 1. The van der Waals surface area contributed by atoms with Gasteiger partial charge in [0, 0.05) is 20.0 Å². The van der Waals surface area contributed by atoms with E-state index >= 15 is 0 Å². The molecule has 0 unspecified atom stereocenters. The second-order valence-corrected chi connectivity index (χ2v) is 2.70. The van der Waals surface area contributed by atoms with Gasteiger partial charge in [0.15, 0.2) is 0 Å². The molecule has 4 nitrogen and oxygen atoms in total. The Balaban J connectivity index is 2.59. The van der Waals surface area contributed by atoms with Crippen molar-refractivity contribution in [2.45, 2.75) is 19.8 Å². The van der Waals surface area contributed by atoms with Crippen LogP contribution in [0.5, 0.6) is 0 Å². The molecule has 0 aromatic rings. The number of nitrogens with one attached hydrogen (secondary N) is 2. The van der Waals surface area contributed by atoms with Crippen molar-refractivity contribution < 1.29 is 4.79 Å². The number of carbonyl (C=O) groups excluding carboxylic acids is 1. The van der Waals surface area contributed by atoms with Crippen molar-refractivity contribution in [1.29, 1.82) is 0 Å². The van der Waals surface area contributed by atoms with Crippen LogP contribution in [0.15, 0.2) is 11.9 Å². The molecule has 0 bridgehead atoms. The van der Waals surface area contributed by atoms with Crippen LogP contribution in [-0.2, 0) is 4.79 Å². The summed E-state index contributed by atoms with van der Waals surface area (Å²) in [5.41, 5.74) is 5.72. The van der Waals surface area contributed by atoms with E-state index in [9.17, 15) is 4.79 Å². The monoisotopic (exact) mass is 169 g/mol. The molecule has 0 spiro atoms. The molecular formula is C8H15N3O. The molecule has 1 amide bonds. The van der Waals surface area contributed by atoms with Crippen molar-refractivity contribution in [3.8, 4) is 0 Å². The molecule has 1 fully saturated rings. The highest BCUT2D eigenvalue weighted by Gasteiger charge is 2.22. The van der Waals surface area contributed by atoms with Gasteiger partial charge >= 0.3 is 0 Å². The van der Waals surface area contributed by atoms with Crippen molar-refractivity contribution in [1.82, 2.24) is 15.8 Å². The van der Waals surface area contributed by atoms with Crippen LogP contribution in [-0.4, -0.2) is 24.4 Å². The summed E-state index contributed by atoms with van der Waals surface area (Å²) in [6, 6.07) is 0. The van der Waals surface area contributed by atoms with E-state index in [0.717, 1.165) is 18.8 Å². The quantitative estimate of drug-likeness (QED) is 0.593. The smallest absolute Gasteiger partial charge is 0.228 e. The Morgan fingerprint density at radius 3 is 2.83 bits per heavy atom. The molecule has 0 aliphatic carbocycles. The number of hydrogen-bond donors (Lipinski definition) is 2. The summed E-state index contributed by atoms with van der Waals surface area (Å²) in [6.07, 6.45) is 3.52. The number of rotatable bonds is 3. The van der Waals surface area contributed by atoms with Crippen LogP contribution in [0.25, 0.3) is 0 Å². The van der Waals surface area contributed by atoms with E-state index in [1.54, 1.807) is 11.9 Å². The molecular weight excluding hydrogens is 154 g/mol. The average Bonchev–Trinajstić information content (AvgIpc) is 2.47. The zero-order valence-corrected chi connectivity index (χ0v) is 7.55. The third kappa shape index (κ3) is 1.76. The van der Waals surface area contributed by atoms with E-state index in [0.29, 0.717) is 6.42 Å². The fourth-order valence-corrected chi connectivity index (χ4v) is 1.33. The number of hydrogen-bond acceptors (Lipinski definition) is 3. The lowest BCUT2D eigenvalue weighted by atomic mass is 10.4. The van der Waals surface area contributed by atoms with Gasteiger partial charge in [-0.25, -0.2) is 5.43 Å². The summed E-state index contributed by atoms with van der Waals surface area (Å²) >= 11 is 0. The van der Waals surface area contributed by atoms with Gasteiger partial charge in [-0.15, -0.1) is 0 Å². The van der Waals surface area contributed by atoms with Crippen molar-refractivity contribution in [3.05, 3.63) is 11.9 Å². The van der Waals surface area contributed by atoms with Crippen LogP contribution in [0.4, 0.5) is 0 Å². The van der Waals surface area contributed by atoms with Gasteiger partial charge in [0.2, 0.25) is 5.91 Å². The lowest BCUT2D eigenvalue weighted by Gasteiger charge is -2.19. The number of carbonyl (C=O) groups is 1. The molecule has 0 aromatic heterocycles. The van der Waals surface area contributed by atoms with Gasteiger partial charge in [0.05, 0.1) is 0 Å². The van der Waals surface area contributed by atoms with E-state index in [1.807, 2.05) is 13.0 Å². The van der Waals surface area contributed by atoms with Gasteiger partial charge in [-0.3, -0.25) is 9.69 Å². The van der Waals surface area contributed by atoms with E-state index in [2.05, 4.69) is 10.9 Å². The second-order valence-electron chi connectivity index (χ2n) is 2.70. The largest absolute Gasteiger partial charge is 0.308 e. The molecule has 0 aromatic carbocycles. The summed E-state index contributed by atoms with van der Waals surface area (Å²) in [7, 11) is 1.78. The number of likely N-dealkylation sites (tertiary alicyclic amines) is 1. The molecule has 4 heteroatoms. The highest BCUT2D eigenvalue weighted by atomic mass is 16.2. The lowest BCUT2D eigenvalue weighted by molar-refractivity contribution is -0.126. The van der Waals surface area contributed by atoms with Crippen molar-refractivity contribution in [2.24, 2.45) is 0 Å². The van der Waals surface area contributed by atoms with Gasteiger partial charge in [-0.2, -0.15) is 0 Å². The third-order valence-electron chi connectivity index (χ3n) is 1.89. The summed E-state index contributed by atoms with van der Waals surface area (Å²) in [4.78, 5) is 13.0. The van der Waals surface area contributed by atoms with Gasteiger partial charge in [-0.05, 0) is 19.4 Å². The average molecular weight is 169 g/mol. The molecule has 0 atom stereocenters. The van der Waals surface area contributed by atoms with E-state index in [1.165, 1.54) is 0 Å². The normalized spacial score (nSPS) is 18.7. The van der Waals surface area contributed by atoms with Crippen molar-refractivity contribution in [2.75, 3.05) is 13.6 Å². The Kier molecular flexibility index (Phi) is 3.10. The molecule has 12 heavy (non-hydrogen) atoms. The maximum atomic E-state index is 11.3. The number of allylic oxidation sites excluding steroid dienone is 1. The number of nitrogens with zero attached hydrogens (tertiary/aromatic N) is 1. The molecule has 0 saturated carbocycles. The van der Waals surface area contributed by atoms with Crippen LogP contribution >= 0.6 is 0 Å². The van der Waals surface area contributed by atoms with Gasteiger partial charge < -0.3 is 5.43 Å². The Bertz CT molecular complexity index is 200. The third-order valence-corrected chi connectivity index (χ3v) is 1.89. The fraction of sp³-hybridized carbons (Fsp3) is 0.625. The molecule has 1 saturated heterocycles. The molecule has 1 rings (SSSR count). The Morgan fingerprint density at radius 2 is 2.42 bits per heavy atom. The molecule has 0 radical (unpaired) electrons. The highest BCUT2D eigenvalue weighted by Crippen LogP contribution is 2.13. The van der Waals surface area contributed by atoms with E-state index in [-0.39, 0.29) is 5.91 Å². The predicted molar refractivity (Wildman–Crippen MR) is 46.9 cm³/mol. The number of amides is 1. The summed E-state index contributed by atoms with van der Waals surface area (Å²) in [5.74, 6) is 1.05. The maximum Gasteiger partial charge on any atom is 0.228 e. The van der Waals surface area contributed by atoms with E-state index < -0.39 is 0 Å². The second kappa shape index (κ2) is 4.11. The van der Waals surface area contributed by atoms with Crippen molar-refractivity contribution >= 4 is 5.91 Å². The first-order valence-corrected chi connectivity index (χ1v) is 4.19. The van der Waals surface area contributed by atoms with Gasteiger partial charge in [0.25, 0.3) is 0 Å². The van der Waals surface area contributed by atoms with Crippen LogP contribution in [0, 0.1) is 0 Å². The molecule has 1 aliphatic heterocycles. The summed E-state index contributed by atoms with van der Waals surface area (Å²) in [5, 5.41) is 0. The van der Waals surface area contributed by atoms with Crippen LogP contribution in [0.2, 0.25) is 0 Å². The maximum absolute atomic E-state index is 11.3. The first-order chi connectivity index (χ1) is 5.79. The Labute approximate surface area is 72.6 Å². The Morgan fingerprint density at radius 1 is 1.67 bits per heavy atom. The zero-order chi connectivity index (χ0) is 8.97. The van der Waals surface area contributed by atoms with Gasteiger partial charge in [-0.1, -0.05) is 0 Å². The minimum absolute atomic E-state index is 0.200. The van der Waals surface area contributed by atoms with Crippen LogP contribution < -0.4 is 10.9 Å². The zero-order valence-electron chi connectivity index (χ0n) is 7.55. The van der Waals surface area contributed by atoms with E-state index in [4.69, 9.17) is 0 Å². The molecule has 1 aliphatic rings. The minimum Gasteiger partial charge on any atom is -0.308 e. The summed E-state index contributed by atoms with van der Waals surface area (Å²) < 4.78 is 0.